The largest absolute Gasteiger partial charge is 0.507 e. The molecule has 2 atom stereocenters. The van der Waals surface area contributed by atoms with Crippen LogP contribution in [0.2, 0.25) is 0 Å². The molecule has 1 fully saturated rings. The van der Waals surface area contributed by atoms with Gasteiger partial charge in [0.25, 0.3) is 0 Å². The van der Waals surface area contributed by atoms with Crippen molar-refractivity contribution in [2.24, 2.45) is 11.8 Å². The minimum Gasteiger partial charge on any atom is -0.507 e. The molecule has 1 aromatic carbocycles. The molecule has 7 heteroatoms. The Morgan fingerprint density at radius 3 is 2.79 bits per heavy atom. The van der Waals surface area contributed by atoms with Crippen LogP contribution in [0.15, 0.2) is 11.6 Å². The summed E-state index contributed by atoms with van der Waals surface area (Å²) in [6.07, 6.45) is 8.85. The number of rotatable bonds is 9. The van der Waals surface area contributed by atoms with E-state index in [2.05, 4.69) is 13.0 Å². The number of carbonyl (C=O) groups excluding carboxylic acids is 2. The van der Waals surface area contributed by atoms with E-state index in [9.17, 15) is 14.7 Å². The number of fused-ring (bicyclic) bond motifs is 1. The maximum Gasteiger partial charge on any atom is 0.342 e. The van der Waals surface area contributed by atoms with E-state index >= 15 is 0 Å². The molecule has 0 radical (unpaired) electrons. The van der Waals surface area contributed by atoms with Gasteiger partial charge in [-0.25, -0.2) is 4.79 Å². The fourth-order valence-electron chi connectivity index (χ4n) is 5.21. The summed E-state index contributed by atoms with van der Waals surface area (Å²) in [7, 11) is 5.28. The first kappa shape index (κ1) is 26.5. The fraction of sp³-hybridized carbons (Fsp3) is 0.630. The smallest absolute Gasteiger partial charge is 0.342 e. The molecule has 2 aliphatic rings. The number of thioether (sulfide) groups is 1. The molecule has 1 amide bonds. The number of hydrogen-bond acceptors (Lipinski definition) is 6. The predicted molar refractivity (Wildman–Crippen MR) is 137 cm³/mol. The summed E-state index contributed by atoms with van der Waals surface area (Å²) >= 11 is 1.93. The molecule has 0 bridgehead atoms. The normalized spacial score (nSPS) is 20.0. The number of nitrogens with zero attached hydrogens (tertiary/aromatic N) is 1. The molecule has 2 heterocycles. The van der Waals surface area contributed by atoms with Crippen LogP contribution < -0.4 is 4.74 Å². The number of benzene rings is 1. The SMILES string of the molecule is CCCCCC(C(=O)N(C)C)C1CSCCCC1=CCc1c(O)c2c(c(C)c1OC)COC2=O. The number of allylic oxidation sites excluding steroid dienone is 2. The first-order valence-electron chi connectivity index (χ1n) is 12.4. The number of phenolic OH excluding ortho intramolecular Hbond substituents is 1. The molecular weight excluding hydrogens is 450 g/mol. The Morgan fingerprint density at radius 2 is 2.12 bits per heavy atom. The van der Waals surface area contributed by atoms with Gasteiger partial charge in [-0.1, -0.05) is 37.8 Å². The summed E-state index contributed by atoms with van der Waals surface area (Å²) in [5, 5.41) is 11.0. The van der Waals surface area contributed by atoms with Crippen LogP contribution in [0.3, 0.4) is 0 Å². The Bertz CT molecular complexity index is 940. The summed E-state index contributed by atoms with van der Waals surface area (Å²) in [4.78, 5) is 27.2. The van der Waals surface area contributed by atoms with Crippen LogP contribution in [0.25, 0.3) is 0 Å². The van der Waals surface area contributed by atoms with Gasteiger partial charge in [0.05, 0.1) is 7.11 Å². The first-order chi connectivity index (χ1) is 16.3. The topological polar surface area (TPSA) is 76.1 Å². The van der Waals surface area contributed by atoms with Gasteiger partial charge in [-0.05, 0) is 43.9 Å². The fourth-order valence-corrected chi connectivity index (χ4v) is 6.43. The lowest BCUT2D eigenvalue weighted by molar-refractivity contribution is -0.134. The van der Waals surface area contributed by atoms with Gasteiger partial charge >= 0.3 is 5.97 Å². The van der Waals surface area contributed by atoms with Gasteiger partial charge in [0.2, 0.25) is 5.91 Å². The van der Waals surface area contributed by atoms with Crippen molar-refractivity contribution in [1.29, 1.82) is 0 Å². The van der Waals surface area contributed by atoms with Crippen molar-refractivity contribution in [1.82, 2.24) is 4.90 Å². The second kappa shape index (κ2) is 12.0. The minimum absolute atomic E-state index is 0.0365. The Labute approximate surface area is 208 Å². The molecule has 2 unspecified atom stereocenters. The molecule has 3 rings (SSSR count). The van der Waals surface area contributed by atoms with E-state index in [1.807, 2.05) is 32.8 Å². The van der Waals surface area contributed by atoms with Crippen LogP contribution in [0.5, 0.6) is 11.5 Å². The van der Waals surface area contributed by atoms with Crippen LogP contribution in [-0.2, 0) is 22.6 Å². The van der Waals surface area contributed by atoms with Gasteiger partial charge in [0, 0.05) is 42.8 Å². The van der Waals surface area contributed by atoms with Gasteiger partial charge in [-0.3, -0.25) is 4.79 Å². The average molecular weight is 490 g/mol. The summed E-state index contributed by atoms with van der Waals surface area (Å²) in [5.74, 6) is 2.44. The standard InChI is InChI=1S/C27H39NO5S/c1-6-7-8-11-19(26(30)28(3)4)22-16-34-14-9-10-18(22)12-13-20-24(29)23-21(15-33-27(23)31)17(2)25(20)32-5/h12,19,22,29H,6-11,13-16H2,1-5H3. The third-order valence-corrected chi connectivity index (χ3v) is 8.28. The number of phenols is 1. The van der Waals surface area contributed by atoms with Crippen molar-refractivity contribution in [2.75, 3.05) is 32.7 Å². The highest BCUT2D eigenvalue weighted by Crippen LogP contribution is 2.43. The summed E-state index contributed by atoms with van der Waals surface area (Å²) in [6.45, 7) is 4.25. The van der Waals surface area contributed by atoms with E-state index in [1.165, 1.54) is 5.57 Å². The molecule has 1 saturated heterocycles. The molecule has 188 valence electrons. The van der Waals surface area contributed by atoms with Crippen LogP contribution in [0.1, 0.15) is 72.5 Å². The number of hydrogen-bond donors (Lipinski definition) is 1. The lowest BCUT2D eigenvalue weighted by Crippen LogP contribution is -2.36. The lowest BCUT2D eigenvalue weighted by atomic mass is 9.80. The van der Waals surface area contributed by atoms with Crippen molar-refractivity contribution in [2.45, 2.75) is 65.4 Å². The van der Waals surface area contributed by atoms with E-state index < -0.39 is 5.97 Å². The second-order valence-corrected chi connectivity index (χ2v) is 10.7. The summed E-state index contributed by atoms with van der Waals surface area (Å²) in [6, 6.07) is 0. The quantitative estimate of drug-likeness (QED) is 0.289. The highest BCUT2D eigenvalue weighted by molar-refractivity contribution is 7.99. The van der Waals surface area contributed by atoms with Crippen molar-refractivity contribution >= 4 is 23.6 Å². The molecule has 6 nitrogen and oxygen atoms in total. The number of esters is 1. The molecule has 0 saturated carbocycles. The zero-order chi connectivity index (χ0) is 24.8. The summed E-state index contributed by atoms with van der Waals surface area (Å²) in [5.41, 5.74) is 3.70. The number of methoxy groups -OCH3 is 1. The number of carbonyl (C=O) groups is 2. The van der Waals surface area contributed by atoms with Crippen molar-refractivity contribution in [3.05, 3.63) is 33.9 Å². The highest BCUT2D eigenvalue weighted by Gasteiger charge is 2.34. The van der Waals surface area contributed by atoms with E-state index in [1.54, 1.807) is 12.0 Å². The molecule has 34 heavy (non-hydrogen) atoms. The van der Waals surface area contributed by atoms with E-state index in [0.717, 1.165) is 55.6 Å². The van der Waals surface area contributed by atoms with Gasteiger partial charge < -0.3 is 19.5 Å². The molecule has 0 spiro atoms. The molecule has 0 aliphatic carbocycles. The Kier molecular flexibility index (Phi) is 9.34. The number of amides is 1. The number of cyclic esters (lactones) is 1. The van der Waals surface area contributed by atoms with E-state index in [-0.39, 0.29) is 35.7 Å². The van der Waals surface area contributed by atoms with Crippen molar-refractivity contribution < 1.29 is 24.2 Å². The monoisotopic (exact) mass is 489 g/mol. The first-order valence-corrected chi connectivity index (χ1v) is 13.5. The zero-order valence-corrected chi connectivity index (χ0v) is 22.1. The van der Waals surface area contributed by atoms with Crippen LogP contribution in [0, 0.1) is 18.8 Å². The molecular formula is C27H39NO5S. The van der Waals surface area contributed by atoms with Gasteiger partial charge in [0.15, 0.2) is 0 Å². The molecule has 0 aromatic heterocycles. The number of ether oxygens (including phenoxy) is 2. The Hall–Kier alpha value is -2.15. The summed E-state index contributed by atoms with van der Waals surface area (Å²) < 4.78 is 10.9. The number of unbranched alkanes of at least 4 members (excludes halogenated alkanes) is 2. The van der Waals surface area contributed by atoms with Gasteiger partial charge in [0.1, 0.15) is 23.7 Å². The van der Waals surface area contributed by atoms with Crippen LogP contribution in [-0.4, -0.2) is 54.6 Å². The van der Waals surface area contributed by atoms with Crippen molar-refractivity contribution in [3.8, 4) is 11.5 Å². The van der Waals surface area contributed by atoms with E-state index in [0.29, 0.717) is 23.3 Å². The maximum atomic E-state index is 13.2. The Balaban J connectivity index is 1.98. The van der Waals surface area contributed by atoms with Gasteiger partial charge in [-0.15, -0.1) is 0 Å². The number of aromatic hydroxyl groups is 1. The van der Waals surface area contributed by atoms with Crippen LogP contribution >= 0.6 is 11.8 Å². The molecule has 2 aliphatic heterocycles. The van der Waals surface area contributed by atoms with E-state index in [4.69, 9.17) is 9.47 Å². The third-order valence-electron chi connectivity index (χ3n) is 7.11. The maximum absolute atomic E-state index is 13.2. The van der Waals surface area contributed by atoms with Crippen LogP contribution in [0.4, 0.5) is 0 Å². The van der Waals surface area contributed by atoms with Crippen molar-refractivity contribution in [3.63, 3.8) is 0 Å². The average Bonchev–Trinajstić information content (AvgIpc) is 3.06. The second-order valence-electron chi connectivity index (χ2n) is 9.52. The minimum atomic E-state index is -0.483. The third kappa shape index (κ3) is 5.56. The Morgan fingerprint density at radius 1 is 1.35 bits per heavy atom. The molecule has 1 N–H and O–H groups in total. The van der Waals surface area contributed by atoms with Gasteiger partial charge in [-0.2, -0.15) is 11.8 Å². The molecule has 1 aromatic rings. The lowest BCUT2D eigenvalue weighted by Gasteiger charge is -2.29. The zero-order valence-electron chi connectivity index (χ0n) is 21.2. The highest BCUT2D eigenvalue weighted by atomic mass is 32.2. The predicted octanol–water partition coefficient (Wildman–Crippen LogP) is 5.28.